The summed E-state index contributed by atoms with van der Waals surface area (Å²) in [4.78, 5) is 8.92. The molecule has 5 heteroatoms. The molecule has 0 amide bonds. The Hall–Kier alpha value is -1.52. The van der Waals surface area contributed by atoms with Crippen molar-refractivity contribution in [3.8, 4) is 5.88 Å². The van der Waals surface area contributed by atoms with E-state index in [4.69, 9.17) is 10.5 Å². The number of nitrogens with zero attached hydrogens (tertiary/aromatic N) is 2. The van der Waals surface area contributed by atoms with Gasteiger partial charge < -0.3 is 15.8 Å². The van der Waals surface area contributed by atoms with Crippen LogP contribution in [-0.2, 0) is 0 Å². The quantitative estimate of drug-likeness (QED) is 0.841. The average molecular weight is 236 g/mol. The molecule has 1 saturated carbocycles. The summed E-state index contributed by atoms with van der Waals surface area (Å²) in [5.41, 5.74) is 6.37. The summed E-state index contributed by atoms with van der Waals surface area (Å²) in [6, 6.07) is 0. The first kappa shape index (κ1) is 12.0. The molecule has 5 nitrogen and oxygen atoms in total. The van der Waals surface area contributed by atoms with Crippen LogP contribution in [0.4, 0.5) is 11.5 Å². The number of aromatic nitrogens is 2. The van der Waals surface area contributed by atoms with E-state index in [0.717, 1.165) is 18.7 Å². The van der Waals surface area contributed by atoms with Crippen molar-refractivity contribution in [1.82, 2.24) is 9.97 Å². The maximum Gasteiger partial charge on any atom is 0.242 e. The Morgan fingerprint density at radius 1 is 1.24 bits per heavy atom. The van der Waals surface area contributed by atoms with Crippen molar-refractivity contribution in [3.05, 3.63) is 5.82 Å². The van der Waals surface area contributed by atoms with Crippen LogP contribution in [-0.4, -0.2) is 24.1 Å². The van der Waals surface area contributed by atoms with Crippen LogP contribution in [0.5, 0.6) is 5.88 Å². The Morgan fingerprint density at radius 3 is 2.53 bits per heavy atom. The number of hydrogen-bond donors (Lipinski definition) is 2. The van der Waals surface area contributed by atoms with E-state index in [1.54, 1.807) is 7.11 Å². The molecule has 1 aromatic heterocycles. The van der Waals surface area contributed by atoms with Crippen LogP contribution >= 0.6 is 0 Å². The summed E-state index contributed by atoms with van der Waals surface area (Å²) >= 11 is 0. The minimum absolute atomic E-state index is 0.449. The molecule has 0 atom stereocenters. The molecule has 0 aromatic carbocycles. The molecule has 0 unspecified atom stereocenters. The molecule has 1 aliphatic rings. The lowest BCUT2D eigenvalue weighted by molar-refractivity contribution is 0.385. The van der Waals surface area contributed by atoms with Gasteiger partial charge in [0, 0.05) is 13.0 Å². The predicted octanol–water partition coefficient (Wildman–Crippen LogP) is 2.16. The molecule has 1 fully saturated rings. The van der Waals surface area contributed by atoms with Crippen molar-refractivity contribution >= 4 is 11.5 Å². The van der Waals surface area contributed by atoms with E-state index in [1.165, 1.54) is 19.3 Å². The van der Waals surface area contributed by atoms with Gasteiger partial charge in [-0.25, -0.2) is 4.98 Å². The highest BCUT2D eigenvalue weighted by atomic mass is 16.5. The van der Waals surface area contributed by atoms with E-state index < -0.39 is 0 Å². The SMILES string of the molecule is CNc1nc(C2CCCCC2)nc(OC)c1N. The third kappa shape index (κ3) is 2.43. The molecular formula is C12H20N4O. The van der Waals surface area contributed by atoms with E-state index in [2.05, 4.69) is 15.3 Å². The first-order chi connectivity index (χ1) is 8.26. The molecule has 0 saturated heterocycles. The Morgan fingerprint density at radius 2 is 1.94 bits per heavy atom. The Kier molecular flexibility index (Phi) is 3.66. The van der Waals surface area contributed by atoms with E-state index in [-0.39, 0.29) is 0 Å². The topological polar surface area (TPSA) is 73.1 Å². The van der Waals surface area contributed by atoms with Crippen LogP contribution in [0.2, 0.25) is 0 Å². The fourth-order valence-corrected chi connectivity index (χ4v) is 2.35. The van der Waals surface area contributed by atoms with Gasteiger partial charge in [0.2, 0.25) is 5.88 Å². The van der Waals surface area contributed by atoms with Gasteiger partial charge in [-0.1, -0.05) is 19.3 Å². The lowest BCUT2D eigenvalue weighted by Gasteiger charge is -2.21. The highest BCUT2D eigenvalue weighted by Gasteiger charge is 2.21. The van der Waals surface area contributed by atoms with Crippen molar-refractivity contribution in [2.75, 3.05) is 25.2 Å². The molecule has 0 radical (unpaired) electrons. The third-order valence-electron chi connectivity index (χ3n) is 3.33. The Labute approximate surface area is 102 Å². The highest BCUT2D eigenvalue weighted by Crippen LogP contribution is 2.34. The molecular weight excluding hydrogens is 216 g/mol. The second kappa shape index (κ2) is 5.21. The molecule has 0 bridgehead atoms. The van der Waals surface area contributed by atoms with Crippen LogP contribution in [0.15, 0.2) is 0 Å². The van der Waals surface area contributed by atoms with Gasteiger partial charge in [0.25, 0.3) is 0 Å². The van der Waals surface area contributed by atoms with Gasteiger partial charge in [0.15, 0.2) is 5.82 Å². The third-order valence-corrected chi connectivity index (χ3v) is 3.33. The van der Waals surface area contributed by atoms with E-state index in [9.17, 15) is 0 Å². The lowest BCUT2D eigenvalue weighted by atomic mass is 9.88. The van der Waals surface area contributed by atoms with Crippen LogP contribution in [0.1, 0.15) is 43.8 Å². The van der Waals surface area contributed by atoms with Crippen LogP contribution in [0.3, 0.4) is 0 Å². The normalized spacial score (nSPS) is 16.8. The number of nitrogens with one attached hydrogen (secondary N) is 1. The summed E-state index contributed by atoms with van der Waals surface area (Å²) in [7, 11) is 3.39. The summed E-state index contributed by atoms with van der Waals surface area (Å²) in [5, 5.41) is 2.99. The van der Waals surface area contributed by atoms with Crippen LogP contribution in [0.25, 0.3) is 0 Å². The molecule has 3 N–H and O–H groups in total. The van der Waals surface area contributed by atoms with E-state index in [0.29, 0.717) is 23.3 Å². The number of nitrogen functional groups attached to an aromatic ring is 1. The van der Waals surface area contributed by atoms with E-state index >= 15 is 0 Å². The smallest absolute Gasteiger partial charge is 0.242 e. The largest absolute Gasteiger partial charge is 0.479 e. The minimum Gasteiger partial charge on any atom is -0.479 e. The number of anilines is 2. The summed E-state index contributed by atoms with van der Waals surface area (Å²) in [5.74, 6) is 2.45. The lowest BCUT2D eigenvalue weighted by Crippen LogP contribution is -2.12. The minimum atomic E-state index is 0.449. The van der Waals surface area contributed by atoms with Gasteiger partial charge in [-0.05, 0) is 12.8 Å². The highest BCUT2D eigenvalue weighted by molar-refractivity contribution is 5.66. The Balaban J connectivity index is 2.33. The predicted molar refractivity (Wildman–Crippen MR) is 68.4 cm³/mol. The molecule has 0 aliphatic heterocycles. The van der Waals surface area contributed by atoms with Crippen molar-refractivity contribution in [2.24, 2.45) is 0 Å². The first-order valence-electron chi connectivity index (χ1n) is 6.15. The first-order valence-corrected chi connectivity index (χ1v) is 6.15. The van der Waals surface area contributed by atoms with Gasteiger partial charge in [-0.2, -0.15) is 4.98 Å². The van der Waals surface area contributed by atoms with Gasteiger partial charge in [0.1, 0.15) is 11.5 Å². The van der Waals surface area contributed by atoms with Crippen molar-refractivity contribution < 1.29 is 4.74 Å². The molecule has 17 heavy (non-hydrogen) atoms. The van der Waals surface area contributed by atoms with Gasteiger partial charge in [0.05, 0.1) is 7.11 Å². The zero-order valence-corrected chi connectivity index (χ0v) is 10.5. The zero-order valence-electron chi connectivity index (χ0n) is 10.5. The van der Waals surface area contributed by atoms with E-state index in [1.807, 2.05) is 7.05 Å². The van der Waals surface area contributed by atoms with Gasteiger partial charge >= 0.3 is 0 Å². The van der Waals surface area contributed by atoms with Gasteiger partial charge in [-0.15, -0.1) is 0 Å². The summed E-state index contributed by atoms with van der Waals surface area (Å²) in [6.07, 6.45) is 6.17. The van der Waals surface area contributed by atoms with Crippen molar-refractivity contribution in [1.29, 1.82) is 0 Å². The molecule has 94 valence electrons. The number of ether oxygens (including phenoxy) is 1. The van der Waals surface area contributed by atoms with Crippen molar-refractivity contribution in [2.45, 2.75) is 38.0 Å². The molecule has 1 aromatic rings. The van der Waals surface area contributed by atoms with Crippen molar-refractivity contribution in [3.63, 3.8) is 0 Å². The molecule has 1 heterocycles. The van der Waals surface area contributed by atoms with Crippen LogP contribution < -0.4 is 15.8 Å². The monoisotopic (exact) mass is 236 g/mol. The average Bonchev–Trinajstić information content (AvgIpc) is 2.40. The molecule has 2 rings (SSSR count). The maximum absolute atomic E-state index is 5.89. The van der Waals surface area contributed by atoms with Gasteiger partial charge in [-0.3, -0.25) is 0 Å². The summed E-state index contributed by atoms with van der Waals surface area (Å²) < 4.78 is 5.20. The standard InChI is InChI=1S/C12H20N4O/c1-14-11-9(13)12(17-2)16-10(15-11)8-6-4-3-5-7-8/h8H,3-7,13H2,1-2H3,(H,14,15,16). The second-order valence-electron chi connectivity index (χ2n) is 4.44. The fraction of sp³-hybridized carbons (Fsp3) is 0.667. The molecule has 0 spiro atoms. The number of rotatable bonds is 3. The second-order valence-corrected chi connectivity index (χ2v) is 4.44. The Bertz CT molecular complexity index is 363. The number of nitrogens with two attached hydrogens (primary N) is 1. The summed E-state index contributed by atoms with van der Waals surface area (Å²) in [6.45, 7) is 0. The number of hydrogen-bond acceptors (Lipinski definition) is 5. The molecule has 1 aliphatic carbocycles. The van der Waals surface area contributed by atoms with Crippen LogP contribution in [0, 0.1) is 0 Å². The maximum atomic E-state index is 5.89. The number of methoxy groups -OCH3 is 1. The fourth-order valence-electron chi connectivity index (χ4n) is 2.35. The zero-order chi connectivity index (χ0) is 12.3.